The first-order chi connectivity index (χ1) is 9.24. The Morgan fingerprint density at radius 3 is 2.75 bits per heavy atom. The number of carbonyl (C=O) groups is 1. The normalized spacial score (nSPS) is 10.8. The summed E-state index contributed by atoms with van der Waals surface area (Å²) in [4.78, 5) is 21.9. The molecule has 108 valence electrons. The number of nitrogens with one attached hydrogen (secondary N) is 1. The summed E-state index contributed by atoms with van der Waals surface area (Å²) in [5.41, 5.74) is -0.0241. The molecule has 1 amide bonds. The van der Waals surface area contributed by atoms with Crippen LogP contribution in [-0.4, -0.2) is 35.0 Å². The molecule has 0 aliphatic carbocycles. The summed E-state index contributed by atoms with van der Waals surface area (Å²) in [5, 5.41) is 11.6. The first-order valence-electron chi connectivity index (χ1n) is 6.18. The molecular weight excluding hydrogens is 278 g/mol. The molecule has 1 aromatic heterocycles. The highest BCUT2D eigenvalue weighted by molar-refractivity contribution is 6.28. The maximum Gasteiger partial charge on any atom is 0.257 e. The van der Waals surface area contributed by atoms with Crippen molar-refractivity contribution >= 4 is 23.3 Å². The van der Waals surface area contributed by atoms with Gasteiger partial charge in [-0.15, -0.1) is 0 Å². The molecule has 0 atom stereocenters. The van der Waals surface area contributed by atoms with Gasteiger partial charge in [-0.1, -0.05) is 0 Å². The molecule has 7 heteroatoms. The Morgan fingerprint density at radius 1 is 1.55 bits per heavy atom. The van der Waals surface area contributed by atoms with Crippen molar-refractivity contribution in [2.75, 3.05) is 18.5 Å². The van der Waals surface area contributed by atoms with Crippen molar-refractivity contribution in [3.8, 4) is 6.07 Å². The molecular formula is C13H18ClN5O. The van der Waals surface area contributed by atoms with Crippen LogP contribution in [0.4, 0.5) is 5.82 Å². The third-order valence-electron chi connectivity index (χ3n) is 2.39. The van der Waals surface area contributed by atoms with Gasteiger partial charge in [-0.25, -0.2) is 4.98 Å². The molecule has 0 fully saturated rings. The summed E-state index contributed by atoms with van der Waals surface area (Å²) in [7, 11) is 1.75. The summed E-state index contributed by atoms with van der Waals surface area (Å²) in [5.74, 6) is 0.148. The number of rotatable bonds is 4. The Morgan fingerprint density at radius 2 is 2.20 bits per heavy atom. The Balaban J connectivity index is 3.07. The molecule has 0 unspecified atom stereocenters. The smallest absolute Gasteiger partial charge is 0.257 e. The van der Waals surface area contributed by atoms with Crippen LogP contribution >= 0.6 is 11.6 Å². The number of aromatic nitrogens is 2. The second kappa shape index (κ2) is 6.53. The lowest BCUT2D eigenvalue weighted by Crippen LogP contribution is -2.41. The monoisotopic (exact) mass is 295 g/mol. The molecule has 0 aromatic carbocycles. The fourth-order valence-electron chi connectivity index (χ4n) is 1.53. The molecule has 6 nitrogen and oxygen atoms in total. The van der Waals surface area contributed by atoms with Crippen LogP contribution in [0.25, 0.3) is 0 Å². The number of hydrogen-bond acceptors (Lipinski definition) is 5. The van der Waals surface area contributed by atoms with Crippen LogP contribution in [0.1, 0.15) is 37.6 Å². The van der Waals surface area contributed by atoms with E-state index in [9.17, 15) is 4.79 Å². The summed E-state index contributed by atoms with van der Waals surface area (Å²) in [6.45, 7) is 6.13. The van der Waals surface area contributed by atoms with E-state index in [1.807, 2.05) is 20.8 Å². The van der Waals surface area contributed by atoms with Gasteiger partial charge in [0.1, 0.15) is 11.4 Å². The van der Waals surface area contributed by atoms with Gasteiger partial charge in [0.05, 0.1) is 12.5 Å². The maximum atomic E-state index is 12.2. The van der Waals surface area contributed by atoms with E-state index in [0.717, 1.165) is 0 Å². The highest BCUT2D eigenvalue weighted by atomic mass is 35.5. The van der Waals surface area contributed by atoms with E-state index in [1.165, 1.54) is 6.20 Å². The van der Waals surface area contributed by atoms with E-state index >= 15 is 0 Å². The van der Waals surface area contributed by atoms with Crippen molar-refractivity contribution in [2.45, 2.75) is 32.7 Å². The average molecular weight is 296 g/mol. The number of carbonyl (C=O) groups excluding carboxylic acids is 1. The summed E-state index contributed by atoms with van der Waals surface area (Å²) in [6, 6.07) is 2.05. The second-order valence-electron chi connectivity index (χ2n) is 5.41. The van der Waals surface area contributed by atoms with Gasteiger partial charge in [0, 0.05) is 25.3 Å². The highest BCUT2D eigenvalue weighted by Crippen LogP contribution is 2.19. The Bertz CT molecular complexity index is 533. The van der Waals surface area contributed by atoms with Gasteiger partial charge in [-0.2, -0.15) is 10.2 Å². The van der Waals surface area contributed by atoms with Gasteiger partial charge >= 0.3 is 0 Å². The summed E-state index contributed by atoms with van der Waals surface area (Å²) < 4.78 is 0. The maximum absolute atomic E-state index is 12.2. The van der Waals surface area contributed by atoms with Gasteiger partial charge in [-0.05, 0) is 32.4 Å². The van der Waals surface area contributed by atoms with Gasteiger partial charge in [0.15, 0.2) is 0 Å². The van der Waals surface area contributed by atoms with Gasteiger partial charge in [-0.3, -0.25) is 4.79 Å². The minimum absolute atomic E-state index is 0.0658. The number of halogens is 1. The van der Waals surface area contributed by atoms with Gasteiger partial charge in [0.2, 0.25) is 5.28 Å². The molecule has 0 saturated carbocycles. The zero-order valence-electron chi connectivity index (χ0n) is 12.1. The van der Waals surface area contributed by atoms with E-state index < -0.39 is 0 Å². The lowest BCUT2D eigenvalue weighted by atomic mass is 10.1. The Labute approximate surface area is 123 Å². The van der Waals surface area contributed by atoms with Crippen LogP contribution in [0, 0.1) is 11.3 Å². The van der Waals surface area contributed by atoms with Crippen LogP contribution < -0.4 is 10.2 Å². The fourth-order valence-corrected chi connectivity index (χ4v) is 1.66. The zero-order chi connectivity index (χ0) is 15.3. The third-order valence-corrected chi connectivity index (χ3v) is 2.58. The summed E-state index contributed by atoms with van der Waals surface area (Å²) >= 11 is 5.79. The number of anilines is 1. The Kier molecular flexibility index (Phi) is 5.28. The third kappa shape index (κ3) is 4.67. The standard InChI is InChI=1S/C13H18ClN5O/c1-13(2,3)18-11(20)9-8-16-12(14)17-10(9)19(4)7-5-6-15/h8H,5,7H2,1-4H3,(H,18,20). The SMILES string of the molecule is CN(CCC#N)c1nc(Cl)ncc1C(=O)NC(C)(C)C. The first kappa shape index (κ1) is 16.2. The predicted molar refractivity (Wildman–Crippen MR) is 77.8 cm³/mol. The van der Waals surface area contributed by atoms with E-state index in [4.69, 9.17) is 16.9 Å². The molecule has 20 heavy (non-hydrogen) atoms. The Hall–Kier alpha value is -1.87. The molecule has 1 heterocycles. The minimum atomic E-state index is -0.362. The highest BCUT2D eigenvalue weighted by Gasteiger charge is 2.21. The van der Waals surface area contributed by atoms with Crippen molar-refractivity contribution in [3.63, 3.8) is 0 Å². The molecule has 1 N–H and O–H groups in total. The topological polar surface area (TPSA) is 81.9 Å². The second-order valence-corrected chi connectivity index (χ2v) is 5.75. The minimum Gasteiger partial charge on any atom is -0.358 e. The molecule has 0 aliphatic heterocycles. The lowest BCUT2D eigenvalue weighted by molar-refractivity contribution is 0.0919. The van der Waals surface area contributed by atoms with Crippen LogP contribution in [-0.2, 0) is 0 Å². The lowest BCUT2D eigenvalue weighted by Gasteiger charge is -2.23. The number of nitrogens with zero attached hydrogens (tertiary/aromatic N) is 4. The molecule has 0 radical (unpaired) electrons. The van der Waals surface area contributed by atoms with Gasteiger partial charge in [0.25, 0.3) is 5.91 Å². The van der Waals surface area contributed by atoms with Crippen molar-refractivity contribution in [1.82, 2.24) is 15.3 Å². The molecule has 0 aliphatic rings. The first-order valence-corrected chi connectivity index (χ1v) is 6.55. The van der Waals surface area contributed by atoms with Crippen LogP contribution in [0.2, 0.25) is 5.28 Å². The number of hydrogen-bond donors (Lipinski definition) is 1. The van der Waals surface area contributed by atoms with Crippen LogP contribution in [0.5, 0.6) is 0 Å². The van der Waals surface area contributed by atoms with E-state index in [2.05, 4.69) is 21.4 Å². The predicted octanol–water partition coefficient (Wildman–Crippen LogP) is 2.01. The average Bonchev–Trinajstić information content (AvgIpc) is 2.33. The van der Waals surface area contributed by atoms with Crippen LogP contribution in [0.3, 0.4) is 0 Å². The van der Waals surface area contributed by atoms with Crippen molar-refractivity contribution in [1.29, 1.82) is 5.26 Å². The van der Waals surface area contributed by atoms with Crippen molar-refractivity contribution in [2.24, 2.45) is 0 Å². The van der Waals surface area contributed by atoms with Crippen molar-refractivity contribution < 1.29 is 4.79 Å². The quantitative estimate of drug-likeness (QED) is 0.859. The summed E-state index contributed by atoms with van der Waals surface area (Å²) in [6.07, 6.45) is 1.73. The largest absolute Gasteiger partial charge is 0.358 e. The van der Waals surface area contributed by atoms with E-state index in [1.54, 1.807) is 11.9 Å². The molecule has 1 rings (SSSR count). The number of nitriles is 1. The van der Waals surface area contributed by atoms with E-state index in [-0.39, 0.29) is 16.7 Å². The van der Waals surface area contributed by atoms with Gasteiger partial charge < -0.3 is 10.2 Å². The molecule has 0 saturated heterocycles. The van der Waals surface area contributed by atoms with Crippen molar-refractivity contribution in [3.05, 3.63) is 17.0 Å². The molecule has 1 aromatic rings. The molecule has 0 spiro atoms. The zero-order valence-corrected chi connectivity index (χ0v) is 12.8. The fraction of sp³-hybridized carbons (Fsp3) is 0.538. The number of amides is 1. The molecule has 0 bridgehead atoms. The van der Waals surface area contributed by atoms with E-state index in [0.29, 0.717) is 24.3 Å². The van der Waals surface area contributed by atoms with Crippen LogP contribution in [0.15, 0.2) is 6.20 Å².